The first kappa shape index (κ1) is 35.6. The number of nitrogens with zero attached hydrogens (tertiary/aromatic N) is 2. The lowest BCUT2D eigenvalue weighted by Gasteiger charge is -2.21. The Morgan fingerprint density at radius 1 is 0.543 bits per heavy atom. The van der Waals surface area contributed by atoms with E-state index in [0.717, 1.165) is 85.1 Å². The molecule has 0 saturated carbocycles. The minimum absolute atomic E-state index is 0.277. The first-order chi connectivity index (χ1) is 22.5. The molecule has 0 bridgehead atoms. The molecule has 0 fully saturated rings. The van der Waals surface area contributed by atoms with E-state index in [-0.39, 0.29) is 11.9 Å². The van der Waals surface area contributed by atoms with E-state index in [4.69, 9.17) is 9.47 Å². The molecule has 0 N–H and O–H groups in total. The van der Waals surface area contributed by atoms with Gasteiger partial charge in [0.25, 0.3) is 0 Å². The van der Waals surface area contributed by atoms with E-state index in [9.17, 15) is 9.59 Å². The van der Waals surface area contributed by atoms with Crippen molar-refractivity contribution in [2.24, 2.45) is 0 Å². The molecule has 250 valence electrons. The van der Waals surface area contributed by atoms with Gasteiger partial charge in [-0.25, -0.2) is 9.59 Å². The van der Waals surface area contributed by atoms with Crippen molar-refractivity contribution in [3.8, 4) is 22.3 Å². The fourth-order valence-corrected chi connectivity index (χ4v) is 6.43. The summed E-state index contributed by atoms with van der Waals surface area (Å²) in [6.45, 7) is 16.1. The van der Waals surface area contributed by atoms with E-state index < -0.39 is 0 Å². The van der Waals surface area contributed by atoms with E-state index in [1.165, 1.54) is 51.4 Å². The first-order valence-electron chi connectivity index (χ1n) is 18.0. The lowest BCUT2D eigenvalue weighted by Crippen LogP contribution is -2.28. The summed E-state index contributed by atoms with van der Waals surface area (Å²) in [4.78, 5) is 31.3. The summed E-state index contributed by atoms with van der Waals surface area (Å²) in [5, 5.41) is 1.94. The molecule has 0 unspecified atom stereocenters. The molecular formula is C40H56N2O4. The van der Waals surface area contributed by atoms with Gasteiger partial charge in [0.15, 0.2) is 0 Å². The summed E-state index contributed by atoms with van der Waals surface area (Å²) in [7, 11) is 0. The van der Waals surface area contributed by atoms with E-state index in [1.54, 1.807) is 0 Å². The molecule has 1 aliphatic rings. The number of hydrogen-bond acceptors (Lipinski definition) is 6. The molecule has 0 aliphatic heterocycles. The zero-order valence-corrected chi connectivity index (χ0v) is 28.9. The molecule has 1 aliphatic carbocycles. The van der Waals surface area contributed by atoms with E-state index in [0.29, 0.717) is 24.3 Å². The molecule has 3 aromatic carbocycles. The smallest absolute Gasteiger partial charge is 0.338 e. The fourth-order valence-electron chi connectivity index (χ4n) is 6.43. The lowest BCUT2D eigenvalue weighted by atomic mass is 9.98. The third-order valence-electron chi connectivity index (χ3n) is 9.11. The number of unbranched alkanes of at least 4 members (excludes halogenated alkanes) is 4. The van der Waals surface area contributed by atoms with Crippen LogP contribution in [-0.2, 0) is 9.47 Å². The highest BCUT2D eigenvalue weighted by molar-refractivity contribution is 6.20. The Morgan fingerprint density at radius 2 is 1.04 bits per heavy atom. The summed E-state index contributed by atoms with van der Waals surface area (Å²) >= 11 is 0. The summed E-state index contributed by atoms with van der Waals surface area (Å²) in [5.41, 5.74) is 5.35. The van der Waals surface area contributed by atoms with Gasteiger partial charge in [0.2, 0.25) is 0 Å². The third-order valence-corrected chi connectivity index (χ3v) is 9.11. The maximum absolute atomic E-state index is 13.3. The number of carbonyl (C=O) groups is 2. The van der Waals surface area contributed by atoms with Gasteiger partial charge in [-0.1, -0.05) is 83.7 Å². The Balaban J connectivity index is 1.38. The van der Waals surface area contributed by atoms with Crippen molar-refractivity contribution >= 4 is 22.7 Å². The topological polar surface area (TPSA) is 59.1 Å². The maximum atomic E-state index is 13.3. The highest BCUT2D eigenvalue weighted by atomic mass is 16.5. The molecule has 0 aromatic heterocycles. The van der Waals surface area contributed by atoms with Gasteiger partial charge in [-0.3, -0.25) is 0 Å². The number of fused-ring (bicyclic) bond motifs is 3. The summed E-state index contributed by atoms with van der Waals surface area (Å²) in [6, 6.07) is 15.8. The van der Waals surface area contributed by atoms with Crippen LogP contribution < -0.4 is 0 Å². The van der Waals surface area contributed by atoms with Gasteiger partial charge in [-0.2, -0.15) is 0 Å². The van der Waals surface area contributed by atoms with Crippen LogP contribution in [0, 0.1) is 0 Å². The van der Waals surface area contributed by atoms with E-state index >= 15 is 0 Å². The van der Waals surface area contributed by atoms with Crippen LogP contribution >= 0.6 is 0 Å². The highest BCUT2D eigenvalue weighted by Gasteiger charge is 2.25. The van der Waals surface area contributed by atoms with Crippen molar-refractivity contribution in [1.82, 2.24) is 9.80 Å². The number of hydrogen-bond donors (Lipinski definition) is 0. The molecule has 0 amide bonds. The van der Waals surface area contributed by atoms with Gasteiger partial charge in [0.1, 0.15) is 0 Å². The van der Waals surface area contributed by atoms with E-state index in [2.05, 4.69) is 43.6 Å². The molecule has 46 heavy (non-hydrogen) atoms. The van der Waals surface area contributed by atoms with Crippen LogP contribution in [0.15, 0.2) is 48.5 Å². The van der Waals surface area contributed by atoms with Crippen LogP contribution in [-0.4, -0.2) is 74.2 Å². The van der Waals surface area contributed by atoms with E-state index in [1.807, 2.05) is 42.5 Å². The predicted molar refractivity (Wildman–Crippen MR) is 191 cm³/mol. The molecule has 0 radical (unpaired) electrons. The molecule has 6 heteroatoms. The van der Waals surface area contributed by atoms with Crippen molar-refractivity contribution in [2.45, 2.75) is 91.9 Å². The number of rotatable bonds is 22. The molecular weight excluding hydrogens is 572 g/mol. The average Bonchev–Trinajstić information content (AvgIpc) is 3.40. The van der Waals surface area contributed by atoms with Gasteiger partial charge in [0.05, 0.1) is 24.3 Å². The molecule has 0 spiro atoms. The second-order valence-electron chi connectivity index (χ2n) is 12.7. The van der Waals surface area contributed by atoms with Crippen LogP contribution in [0.25, 0.3) is 33.0 Å². The quantitative estimate of drug-likeness (QED) is 0.0638. The summed E-state index contributed by atoms with van der Waals surface area (Å²) in [5.74, 6) is -0.563. The largest absolute Gasteiger partial charge is 0.462 e. The van der Waals surface area contributed by atoms with Crippen molar-refractivity contribution in [3.63, 3.8) is 0 Å². The predicted octanol–water partition coefficient (Wildman–Crippen LogP) is 9.39. The van der Waals surface area contributed by atoms with Crippen LogP contribution in [0.2, 0.25) is 0 Å². The van der Waals surface area contributed by atoms with Crippen molar-refractivity contribution in [1.29, 1.82) is 0 Å². The Hall–Kier alpha value is -3.22. The van der Waals surface area contributed by atoms with Gasteiger partial charge < -0.3 is 19.3 Å². The molecule has 0 atom stereocenters. The normalized spacial score (nSPS) is 11.9. The van der Waals surface area contributed by atoms with Crippen LogP contribution in [0.1, 0.15) is 113 Å². The van der Waals surface area contributed by atoms with Gasteiger partial charge in [-0.15, -0.1) is 0 Å². The molecule has 0 heterocycles. The Kier molecular flexibility index (Phi) is 14.6. The summed E-state index contributed by atoms with van der Waals surface area (Å²) in [6.07, 6.45) is 11.2. The fraction of sp³-hybridized carbons (Fsp3) is 0.550. The average molecular weight is 629 g/mol. The minimum Gasteiger partial charge on any atom is -0.462 e. The Labute approximate surface area is 277 Å². The van der Waals surface area contributed by atoms with Gasteiger partial charge >= 0.3 is 11.9 Å². The van der Waals surface area contributed by atoms with Crippen LogP contribution in [0.5, 0.6) is 0 Å². The van der Waals surface area contributed by atoms with Gasteiger partial charge in [-0.05, 0) is 116 Å². The molecule has 4 rings (SSSR count). The first-order valence-corrected chi connectivity index (χ1v) is 18.0. The van der Waals surface area contributed by atoms with Gasteiger partial charge in [0, 0.05) is 13.1 Å². The third kappa shape index (κ3) is 9.42. The summed E-state index contributed by atoms with van der Waals surface area (Å²) < 4.78 is 11.5. The Morgan fingerprint density at radius 3 is 1.61 bits per heavy atom. The minimum atomic E-state index is -0.285. The van der Waals surface area contributed by atoms with Crippen LogP contribution in [0.4, 0.5) is 0 Å². The zero-order valence-electron chi connectivity index (χ0n) is 28.9. The number of esters is 2. The molecule has 0 saturated heterocycles. The Bertz CT molecular complexity index is 1400. The standard InChI is InChI=1S/C40H56N2O4/c1-5-9-22-41(23-10-6-2)26-14-28-45-39(43)31-18-19-32-35-20-21-36(33-16-13-17-34(38(33)35)37(32)30-31)40(44)46-29-15-27-42(24-11-7-3)25-12-8-4/h13,16-21,30H,5-12,14-15,22-29H2,1-4H3. The number of ether oxygens (including phenoxy) is 2. The second-order valence-corrected chi connectivity index (χ2v) is 12.7. The molecule has 3 aromatic rings. The SMILES string of the molecule is CCCCN(CCCC)CCCOC(=O)c1ccc2c(c1)-c1cccc3c(C(=O)OCCCN(CCCC)CCCC)ccc-2c13. The van der Waals surface area contributed by atoms with Crippen LogP contribution in [0.3, 0.4) is 0 Å². The zero-order chi connectivity index (χ0) is 32.7. The second kappa shape index (κ2) is 18.8. The van der Waals surface area contributed by atoms with Crippen molar-refractivity contribution in [3.05, 3.63) is 59.7 Å². The maximum Gasteiger partial charge on any atom is 0.338 e. The number of carbonyl (C=O) groups excluding carboxylic acids is 2. The lowest BCUT2D eigenvalue weighted by molar-refractivity contribution is 0.0479. The highest BCUT2D eigenvalue weighted by Crippen LogP contribution is 2.48. The monoisotopic (exact) mass is 628 g/mol. The van der Waals surface area contributed by atoms with Crippen molar-refractivity contribution in [2.75, 3.05) is 52.5 Å². The molecule has 6 nitrogen and oxygen atoms in total. The van der Waals surface area contributed by atoms with Crippen molar-refractivity contribution < 1.29 is 19.1 Å². The number of benzene rings is 3.